The van der Waals surface area contributed by atoms with Crippen LogP contribution in [0.25, 0.3) is 0 Å². The first kappa shape index (κ1) is 23.6. The first-order chi connectivity index (χ1) is 15.9. The number of carbonyl (C=O) groups excluding carboxylic acids is 2. The van der Waals surface area contributed by atoms with Crippen molar-refractivity contribution >= 4 is 11.8 Å². The summed E-state index contributed by atoms with van der Waals surface area (Å²) in [6.07, 6.45) is 0. The van der Waals surface area contributed by atoms with Gasteiger partial charge in [0.15, 0.2) is 18.1 Å². The van der Waals surface area contributed by atoms with E-state index >= 15 is 0 Å². The number of ether oxygens (including phenoxy) is 5. The Balaban J connectivity index is 1.66. The fraction of sp³-hybridized carbons (Fsp3) is 0.292. The summed E-state index contributed by atoms with van der Waals surface area (Å²) in [6.45, 7) is 3.42. The molecule has 3 aromatic rings. The second-order valence-corrected chi connectivity index (χ2v) is 7.02. The lowest BCUT2D eigenvalue weighted by Crippen LogP contribution is -2.15. The summed E-state index contributed by atoms with van der Waals surface area (Å²) in [6, 6.07) is 9.39. The molecule has 0 amide bonds. The van der Waals surface area contributed by atoms with E-state index in [1.165, 1.54) is 33.5 Å². The quantitative estimate of drug-likeness (QED) is 0.332. The molecule has 0 radical (unpaired) electrons. The molecular weight excluding hydrogens is 430 g/mol. The van der Waals surface area contributed by atoms with E-state index < -0.39 is 18.4 Å². The molecule has 0 spiro atoms. The zero-order chi connectivity index (χ0) is 24.0. The highest BCUT2D eigenvalue weighted by Crippen LogP contribution is 2.30. The van der Waals surface area contributed by atoms with Gasteiger partial charge < -0.3 is 28.2 Å². The molecule has 0 atom stereocenters. The van der Waals surface area contributed by atoms with E-state index in [4.69, 9.17) is 28.2 Å². The SMILES string of the molecule is COc1ccc(C(=O)COC(=O)c2ccc(OCc3c(C)noc3C)c(OC)c2)c(OC)c1. The fourth-order valence-corrected chi connectivity index (χ4v) is 3.09. The number of hydrogen-bond acceptors (Lipinski definition) is 9. The maximum absolute atomic E-state index is 12.5. The fourth-order valence-electron chi connectivity index (χ4n) is 3.09. The smallest absolute Gasteiger partial charge is 0.338 e. The van der Waals surface area contributed by atoms with Crippen molar-refractivity contribution in [3.05, 3.63) is 64.5 Å². The van der Waals surface area contributed by atoms with Gasteiger partial charge in [-0.3, -0.25) is 4.79 Å². The number of esters is 1. The lowest BCUT2D eigenvalue weighted by atomic mass is 10.1. The minimum Gasteiger partial charge on any atom is -0.497 e. The standard InChI is InChI=1S/C24H25NO8/c1-14-19(15(2)33-25-14)12-31-21-9-6-16(10-23(21)30-5)24(27)32-13-20(26)18-8-7-17(28-3)11-22(18)29-4/h6-11H,12-13H2,1-5H3. The van der Waals surface area contributed by atoms with Gasteiger partial charge in [-0.2, -0.15) is 0 Å². The van der Waals surface area contributed by atoms with Crippen molar-refractivity contribution < 1.29 is 37.8 Å². The van der Waals surface area contributed by atoms with E-state index in [0.29, 0.717) is 28.8 Å². The largest absolute Gasteiger partial charge is 0.497 e. The number of hydrogen-bond donors (Lipinski definition) is 0. The Kier molecular flexibility index (Phi) is 7.55. The van der Waals surface area contributed by atoms with E-state index in [2.05, 4.69) is 5.16 Å². The number of rotatable bonds is 10. The second kappa shape index (κ2) is 10.5. The summed E-state index contributed by atoms with van der Waals surface area (Å²) >= 11 is 0. The van der Waals surface area contributed by atoms with Gasteiger partial charge in [0.25, 0.3) is 0 Å². The van der Waals surface area contributed by atoms with Crippen molar-refractivity contribution in [1.29, 1.82) is 0 Å². The summed E-state index contributed by atoms with van der Waals surface area (Å²) in [5.41, 5.74) is 2.08. The van der Waals surface area contributed by atoms with Crippen LogP contribution in [0.3, 0.4) is 0 Å². The first-order valence-corrected chi connectivity index (χ1v) is 10.0. The monoisotopic (exact) mass is 455 g/mol. The second-order valence-electron chi connectivity index (χ2n) is 7.02. The summed E-state index contributed by atoms with van der Waals surface area (Å²) in [5, 5.41) is 3.90. The molecule has 0 saturated carbocycles. The van der Waals surface area contributed by atoms with Crippen LogP contribution in [-0.2, 0) is 11.3 Å². The van der Waals surface area contributed by atoms with Crippen LogP contribution < -0.4 is 18.9 Å². The summed E-state index contributed by atoms with van der Waals surface area (Å²) < 4.78 is 31.8. The Labute approximate surface area is 191 Å². The summed E-state index contributed by atoms with van der Waals surface area (Å²) in [7, 11) is 4.42. The van der Waals surface area contributed by atoms with Crippen LogP contribution in [-0.4, -0.2) is 44.8 Å². The molecule has 9 nitrogen and oxygen atoms in total. The van der Waals surface area contributed by atoms with Gasteiger partial charge in [-0.1, -0.05) is 5.16 Å². The molecular formula is C24H25NO8. The summed E-state index contributed by atoms with van der Waals surface area (Å²) in [5.74, 6) is 1.25. The minimum absolute atomic E-state index is 0.214. The van der Waals surface area contributed by atoms with Gasteiger partial charge in [-0.25, -0.2) is 4.79 Å². The topological polar surface area (TPSA) is 106 Å². The first-order valence-electron chi connectivity index (χ1n) is 10.0. The summed E-state index contributed by atoms with van der Waals surface area (Å²) in [4.78, 5) is 25.0. The Bertz CT molecular complexity index is 1130. The Morgan fingerprint density at radius 2 is 1.67 bits per heavy atom. The van der Waals surface area contributed by atoms with E-state index in [-0.39, 0.29) is 17.7 Å². The third-order valence-electron chi connectivity index (χ3n) is 5.00. The Hall–Kier alpha value is -4.01. The van der Waals surface area contributed by atoms with Gasteiger partial charge in [-0.15, -0.1) is 0 Å². The molecule has 174 valence electrons. The molecule has 1 heterocycles. The number of aromatic nitrogens is 1. The van der Waals surface area contributed by atoms with Crippen LogP contribution in [0.1, 0.15) is 37.7 Å². The molecule has 1 aromatic heterocycles. The van der Waals surface area contributed by atoms with Crippen molar-refractivity contribution in [1.82, 2.24) is 5.16 Å². The third-order valence-corrected chi connectivity index (χ3v) is 5.00. The highest BCUT2D eigenvalue weighted by atomic mass is 16.5. The molecule has 2 aromatic carbocycles. The van der Waals surface area contributed by atoms with Gasteiger partial charge in [0.2, 0.25) is 5.78 Å². The molecule has 0 aliphatic heterocycles. The van der Waals surface area contributed by atoms with E-state index in [1.54, 1.807) is 31.2 Å². The minimum atomic E-state index is -0.675. The van der Waals surface area contributed by atoms with Crippen LogP contribution in [0.4, 0.5) is 0 Å². The van der Waals surface area contributed by atoms with Gasteiger partial charge in [0.05, 0.1) is 43.7 Å². The van der Waals surface area contributed by atoms with Crippen LogP contribution in [0.2, 0.25) is 0 Å². The normalized spacial score (nSPS) is 10.5. The highest BCUT2D eigenvalue weighted by Gasteiger charge is 2.18. The van der Waals surface area contributed by atoms with Crippen molar-refractivity contribution in [3.8, 4) is 23.0 Å². The molecule has 0 fully saturated rings. The number of methoxy groups -OCH3 is 3. The maximum atomic E-state index is 12.5. The van der Waals surface area contributed by atoms with Crippen LogP contribution in [0.5, 0.6) is 23.0 Å². The van der Waals surface area contributed by atoms with Crippen molar-refractivity contribution in [2.24, 2.45) is 0 Å². The van der Waals surface area contributed by atoms with Crippen LogP contribution in [0.15, 0.2) is 40.9 Å². The molecule has 9 heteroatoms. The number of carbonyl (C=O) groups is 2. The van der Waals surface area contributed by atoms with Crippen LogP contribution >= 0.6 is 0 Å². The average Bonchev–Trinajstić information content (AvgIpc) is 3.17. The molecule has 0 saturated heterocycles. The average molecular weight is 455 g/mol. The molecule has 3 rings (SSSR count). The molecule has 0 aliphatic rings. The van der Waals surface area contributed by atoms with Gasteiger partial charge in [-0.05, 0) is 44.2 Å². The number of Topliss-reactive ketones (excluding diaryl/α,β-unsaturated/α-hetero) is 1. The lowest BCUT2D eigenvalue weighted by molar-refractivity contribution is 0.0473. The van der Waals surface area contributed by atoms with E-state index in [0.717, 1.165) is 11.3 Å². The molecule has 0 unspecified atom stereocenters. The molecule has 0 bridgehead atoms. The van der Waals surface area contributed by atoms with Gasteiger partial charge >= 0.3 is 5.97 Å². The zero-order valence-electron chi connectivity index (χ0n) is 19.1. The van der Waals surface area contributed by atoms with Crippen molar-refractivity contribution in [3.63, 3.8) is 0 Å². The zero-order valence-corrected chi connectivity index (χ0v) is 19.1. The molecule has 0 aliphatic carbocycles. The Morgan fingerprint density at radius 3 is 2.30 bits per heavy atom. The highest BCUT2D eigenvalue weighted by molar-refractivity contribution is 6.01. The molecule has 0 N–H and O–H groups in total. The van der Waals surface area contributed by atoms with Gasteiger partial charge in [0, 0.05) is 6.07 Å². The third kappa shape index (κ3) is 5.43. The number of ketones is 1. The van der Waals surface area contributed by atoms with E-state index in [1.807, 2.05) is 6.92 Å². The van der Waals surface area contributed by atoms with E-state index in [9.17, 15) is 9.59 Å². The van der Waals surface area contributed by atoms with Crippen molar-refractivity contribution in [2.75, 3.05) is 27.9 Å². The number of benzene rings is 2. The molecule has 33 heavy (non-hydrogen) atoms. The predicted octanol–water partition coefficient (Wildman–Crippen LogP) is 3.94. The number of nitrogens with zero attached hydrogens (tertiary/aromatic N) is 1. The van der Waals surface area contributed by atoms with Gasteiger partial charge in [0.1, 0.15) is 23.9 Å². The lowest BCUT2D eigenvalue weighted by Gasteiger charge is -2.12. The van der Waals surface area contributed by atoms with Crippen molar-refractivity contribution in [2.45, 2.75) is 20.5 Å². The van der Waals surface area contributed by atoms with Crippen LogP contribution in [0, 0.1) is 13.8 Å². The predicted molar refractivity (Wildman–Crippen MR) is 117 cm³/mol. The Morgan fingerprint density at radius 1 is 0.909 bits per heavy atom. The number of aryl methyl sites for hydroxylation is 2. The maximum Gasteiger partial charge on any atom is 0.338 e.